The standard InChI is InChI=1S/C38H69O10P/c1-3-5-7-9-11-13-15-17-19-21-23-25-27-29-37(41)47-35(31-39)33-45-49(43,44)46-34-36(32-40)48-38(42)30-28-26-24-22-20-18-16-14-12-10-8-6-4-2/h7,9,13-16,35-36,39-40H,3-6,8,10-12,17-34H2,1-2H3,(H,43,44)/b9-7-,15-13-,16-14-. The number of hydrogen-bond acceptors (Lipinski definition) is 9. The van der Waals surface area contributed by atoms with Crippen LogP contribution in [0.1, 0.15) is 155 Å². The second-order valence-corrected chi connectivity index (χ2v) is 14.0. The molecule has 0 spiro atoms. The first kappa shape index (κ1) is 47.2. The van der Waals surface area contributed by atoms with Gasteiger partial charge in [-0.3, -0.25) is 18.6 Å². The molecule has 0 aliphatic carbocycles. The van der Waals surface area contributed by atoms with Crippen molar-refractivity contribution in [3.63, 3.8) is 0 Å². The molecular formula is C38H69O10P. The van der Waals surface area contributed by atoms with Crippen molar-refractivity contribution in [2.45, 2.75) is 167 Å². The first-order valence-corrected chi connectivity index (χ1v) is 20.4. The molecule has 286 valence electrons. The van der Waals surface area contributed by atoms with Gasteiger partial charge in [-0.2, -0.15) is 0 Å². The fourth-order valence-corrected chi connectivity index (χ4v) is 5.64. The maximum absolute atomic E-state index is 12.3. The van der Waals surface area contributed by atoms with E-state index in [1.54, 1.807) is 0 Å². The predicted molar refractivity (Wildman–Crippen MR) is 196 cm³/mol. The summed E-state index contributed by atoms with van der Waals surface area (Å²) in [6.45, 7) is 2.08. The summed E-state index contributed by atoms with van der Waals surface area (Å²) in [4.78, 5) is 34.3. The number of phosphoric ester groups is 1. The van der Waals surface area contributed by atoms with Crippen molar-refractivity contribution in [2.75, 3.05) is 26.4 Å². The Hall–Kier alpha value is -1.81. The zero-order valence-electron chi connectivity index (χ0n) is 30.7. The van der Waals surface area contributed by atoms with Gasteiger partial charge in [-0.15, -0.1) is 0 Å². The largest absolute Gasteiger partial charge is 0.472 e. The highest BCUT2D eigenvalue weighted by Gasteiger charge is 2.27. The summed E-state index contributed by atoms with van der Waals surface area (Å²) in [5.41, 5.74) is 0. The molecule has 0 saturated heterocycles. The van der Waals surface area contributed by atoms with E-state index in [0.717, 1.165) is 83.5 Å². The second kappa shape index (κ2) is 34.6. The van der Waals surface area contributed by atoms with Crippen molar-refractivity contribution in [1.29, 1.82) is 0 Å². The molecule has 11 heteroatoms. The van der Waals surface area contributed by atoms with E-state index in [1.165, 1.54) is 32.1 Å². The number of esters is 2. The number of aliphatic hydroxyl groups is 2. The molecule has 0 aromatic rings. The van der Waals surface area contributed by atoms with Gasteiger partial charge in [-0.05, 0) is 64.2 Å². The number of hydrogen-bond donors (Lipinski definition) is 3. The van der Waals surface area contributed by atoms with Crippen molar-refractivity contribution in [3.05, 3.63) is 36.5 Å². The summed E-state index contributed by atoms with van der Waals surface area (Å²) in [6.07, 6.45) is 32.6. The monoisotopic (exact) mass is 716 g/mol. The summed E-state index contributed by atoms with van der Waals surface area (Å²) in [5.74, 6) is -1.04. The molecule has 3 N–H and O–H groups in total. The normalized spacial score (nSPS) is 14.5. The first-order chi connectivity index (χ1) is 23.8. The van der Waals surface area contributed by atoms with Crippen LogP contribution in [0.4, 0.5) is 0 Å². The molecule has 0 aliphatic rings. The third-order valence-electron chi connectivity index (χ3n) is 7.81. The summed E-state index contributed by atoms with van der Waals surface area (Å²) in [6, 6.07) is 0. The Kier molecular flexibility index (Phi) is 33.4. The molecule has 0 aromatic heterocycles. The zero-order valence-corrected chi connectivity index (χ0v) is 31.5. The Bertz CT molecular complexity index is 920. The van der Waals surface area contributed by atoms with Crippen LogP contribution in [0.5, 0.6) is 0 Å². The number of phosphoric acid groups is 1. The Labute approximate surface area is 297 Å². The van der Waals surface area contributed by atoms with Gasteiger partial charge in [-0.1, -0.05) is 115 Å². The van der Waals surface area contributed by atoms with Crippen molar-refractivity contribution in [1.82, 2.24) is 0 Å². The predicted octanol–water partition coefficient (Wildman–Crippen LogP) is 9.22. The Morgan fingerprint density at radius 3 is 1.37 bits per heavy atom. The molecule has 0 fully saturated rings. The zero-order chi connectivity index (χ0) is 36.3. The van der Waals surface area contributed by atoms with E-state index >= 15 is 0 Å². The van der Waals surface area contributed by atoms with E-state index in [4.69, 9.17) is 18.5 Å². The second-order valence-electron chi connectivity index (χ2n) is 12.5. The van der Waals surface area contributed by atoms with Crippen LogP contribution < -0.4 is 0 Å². The fourth-order valence-electron chi connectivity index (χ4n) is 4.85. The summed E-state index contributed by atoms with van der Waals surface area (Å²) < 4.78 is 32.4. The molecule has 0 radical (unpaired) electrons. The van der Waals surface area contributed by atoms with Crippen LogP contribution >= 0.6 is 7.82 Å². The quantitative estimate of drug-likeness (QED) is 0.0251. The van der Waals surface area contributed by atoms with E-state index in [2.05, 4.69) is 50.3 Å². The molecule has 3 atom stereocenters. The average Bonchev–Trinajstić information content (AvgIpc) is 3.09. The minimum atomic E-state index is -4.63. The smallest absolute Gasteiger partial charge is 0.457 e. The number of allylic oxidation sites excluding steroid dienone is 6. The Morgan fingerprint density at radius 2 is 0.939 bits per heavy atom. The van der Waals surface area contributed by atoms with Crippen LogP contribution in [0.3, 0.4) is 0 Å². The van der Waals surface area contributed by atoms with Crippen LogP contribution in [-0.4, -0.2) is 65.7 Å². The van der Waals surface area contributed by atoms with Crippen LogP contribution in [0.15, 0.2) is 36.5 Å². The molecule has 10 nitrogen and oxygen atoms in total. The van der Waals surface area contributed by atoms with Gasteiger partial charge in [0.25, 0.3) is 0 Å². The molecule has 0 amide bonds. The molecule has 0 rings (SSSR count). The maximum Gasteiger partial charge on any atom is 0.472 e. The van der Waals surface area contributed by atoms with E-state index < -0.39 is 58.4 Å². The van der Waals surface area contributed by atoms with Crippen molar-refractivity contribution >= 4 is 19.8 Å². The Morgan fingerprint density at radius 1 is 0.551 bits per heavy atom. The summed E-state index contributed by atoms with van der Waals surface area (Å²) in [5, 5.41) is 19.1. The lowest BCUT2D eigenvalue weighted by Gasteiger charge is -2.20. The molecular weight excluding hydrogens is 647 g/mol. The molecule has 49 heavy (non-hydrogen) atoms. The lowest BCUT2D eigenvalue weighted by atomic mass is 10.1. The SMILES string of the molecule is CCC/C=C\C/C=C\CCCCCCCC(=O)OC(CO)COP(=O)(O)OCC(CO)OC(=O)CCCCCCC/C=C\CCCCCC. The molecule has 0 heterocycles. The van der Waals surface area contributed by atoms with Crippen molar-refractivity contribution in [2.24, 2.45) is 0 Å². The van der Waals surface area contributed by atoms with Crippen molar-refractivity contribution < 1.29 is 47.8 Å². The summed E-state index contributed by atoms with van der Waals surface area (Å²) >= 11 is 0. The number of unbranched alkanes of at least 4 members (excludes halogenated alkanes) is 15. The van der Waals surface area contributed by atoms with E-state index in [0.29, 0.717) is 12.8 Å². The minimum absolute atomic E-state index is 0.175. The van der Waals surface area contributed by atoms with Crippen LogP contribution in [-0.2, 0) is 32.7 Å². The molecule has 0 saturated carbocycles. The van der Waals surface area contributed by atoms with Crippen LogP contribution in [0.2, 0.25) is 0 Å². The third-order valence-corrected chi connectivity index (χ3v) is 8.76. The lowest BCUT2D eigenvalue weighted by Crippen LogP contribution is -2.28. The minimum Gasteiger partial charge on any atom is -0.457 e. The molecule has 0 aliphatic heterocycles. The number of rotatable bonds is 35. The van der Waals surface area contributed by atoms with Gasteiger partial charge in [0.15, 0.2) is 0 Å². The molecule has 0 bridgehead atoms. The van der Waals surface area contributed by atoms with Crippen LogP contribution in [0.25, 0.3) is 0 Å². The highest BCUT2D eigenvalue weighted by atomic mass is 31.2. The average molecular weight is 717 g/mol. The van der Waals surface area contributed by atoms with Gasteiger partial charge >= 0.3 is 19.8 Å². The number of ether oxygens (including phenoxy) is 2. The van der Waals surface area contributed by atoms with E-state index in [-0.39, 0.29) is 12.8 Å². The van der Waals surface area contributed by atoms with Gasteiger partial charge in [0.05, 0.1) is 26.4 Å². The van der Waals surface area contributed by atoms with Gasteiger partial charge in [-0.25, -0.2) is 4.57 Å². The number of aliphatic hydroxyl groups excluding tert-OH is 2. The van der Waals surface area contributed by atoms with Gasteiger partial charge in [0.2, 0.25) is 0 Å². The van der Waals surface area contributed by atoms with E-state index in [1.807, 2.05) is 0 Å². The first-order valence-electron chi connectivity index (χ1n) is 18.9. The third kappa shape index (κ3) is 33.1. The summed E-state index contributed by atoms with van der Waals surface area (Å²) in [7, 11) is -4.63. The highest BCUT2D eigenvalue weighted by molar-refractivity contribution is 7.47. The number of carbonyl (C=O) groups is 2. The lowest BCUT2D eigenvalue weighted by molar-refractivity contribution is -0.153. The number of carbonyl (C=O) groups excluding carboxylic acids is 2. The van der Waals surface area contributed by atoms with Crippen molar-refractivity contribution in [3.8, 4) is 0 Å². The van der Waals surface area contributed by atoms with Gasteiger partial charge in [0, 0.05) is 12.8 Å². The Balaban J connectivity index is 4.02. The maximum atomic E-state index is 12.3. The molecule has 3 unspecified atom stereocenters. The topological polar surface area (TPSA) is 149 Å². The van der Waals surface area contributed by atoms with Gasteiger partial charge in [0.1, 0.15) is 12.2 Å². The highest BCUT2D eigenvalue weighted by Crippen LogP contribution is 2.43. The van der Waals surface area contributed by atoms with Crippen LogP contribution in [0, 0.1) is 0 Å². The van der Waals surface area contributed by atoms with E-state index in [9.17, 15) is 29.3 Å². The fraction of sp³-hybridized carbons (Fsp3) is 0.789. The van der Waals surface area contributed by atoms with Gasteiger partial charge < -0.3 is 24.6 Å². The molecule has 0 aromatic carbocycles.